The lowest BCUT2D eigenvalue weighted by Gasteiger charge is -2.21. The Morgan fingerprint density at radius 2 is 1.74 bits per heavy atom. The van der Waals surface area contributed by atoms with Crippen molar-refractivity contribution < 1.29 is 4.74 Å². The summed E-state index contributed by atoms with van der Waals surface area (Å²) in [7, 11) is 0. The van der Waals surface area contributed by atoms with Gasteiger partial charge in [0.25, 0.3) is 0 Å². The fourth-order valence-corrected chi connectivity index (χ4v) is 3.08. The van der Waals surface area contributed by atoms with Gasteiger partial charge in [-0.05, 0) is 19.8 Å². The predicted molar refractivity (Wildman–Crippen MR) is 81.9 cm³/mol. The van der Waals surface area contributed by atoms with E-state index >= 15 is 0 Å². The monoisotopic (exact) mass is 270 g/mol. The highest BCUT2D eigenvalue weighted by Crippen LogP contribution is 2.24. The summed E-state index contributed by atoms with van der Waals surface area (Å²) in [5.41, 5.74) is 3.00. The highest BCUT2D eigenvalue weighted by molar-refractivity contribution is 4.80. The summed E-state index contributed by atoms with van der Waals surface area (Å²) in [6, 6.07) is 0.449. The second kappa shape index (κ2) is 10.6. The molecule has 1 rings (SSSR count). The fourth-order valence-electron chi connectivity index (χ4n) is 3.08. The molecule has 1 heterocycles. The van der Waals surface area contributed by atoms with Crippen LogP contribution in [0.25, 0.3) is 0 Å². The summed E-state index contributed by atoms with van der Waals surface area (Å²) in [6.45, 7) is 5.31. The van der Waals surface area contributed by atoms with E-state index in [1.165, 1.54) is 57.8 Å². The van der Waals surface area contributed by atoms with Crippen molar-refractivity contribution in [1.29, 1.82) is 0 Å². The Labute approximate surface area is 119 Å². The van der Waals surface area contributed by atoms with Gasteiger partial charge in [-0.25, -0.2) is 0 Å². The zero-order chi connectivity index (χ0) is 13.9. The minimum atomic E-state index is 0.416. The molecule has 3 heteroatoms. The lowest BCUT2D eigenvalue weighted by atomic mass is 9.93. The van der Waals surface area contributed by atoms with E-state index in [-0.39, 0.29) is 0 Å². The van der Waals surface area contributed by atoms with Crippen molar-refractivity contribution in [1.82, 2.24) is 5.43 Å². The summed E-state index contributed by atoms with van der Waals surface area (Å²) >= 11 is 0. The summed E-state index contributed by atoms with van der Waals surface area (Å²) < 4.78 is 5.64. The molecule has 114 valence electrons. The van der Waals surface area contributed by atoms with Crippen LogP contribution < -0.4 is 11.3 Å². The molecule has 3 N–H and O–H groups in total. The molecule has 0 aromatic heterocycles. The molecule has 1 fully saturated rings. The Morgan fingerprint density at radius 1 is 1.11 bits per heavy atom. The van der Waals surface area contributed by atoms with Gasteiger partial charge in [0, 0.05) is 12.0 Å². The van der Waals surface area contributed by atoms with Gasteiger partial charge in [0.15, 0.2) is 0 Å². The summed E-state index contributed by atoms with van der Waals surface area (Å²) in [4.78, 5) is 0. The van der Waals surface area contributed by atoms with Crippen molar-refractivity contribution in [2.75, 3.05) is 6.61 Å². The quantitative estimate of drug-likeness (QED) is 0.341. The topological polar surface area (TPSA) is 47.3 Å². The van der Waals surface area contributed by atoms with Crippen LogP contribution >= 0.6 is 0 Å². The smallest absolute Gasteiger partial charge is 0.0551 e. The SMILES string of the molecule is CCCCCCCCCCC(NN)C1COC(C)C1. The maximum Gasteiger partial charge on any atom is 0.0551 e. The van der Waals surface area contributed by atoms with Crippen LogP contribution in [0.3, 0.4) is 0 Å². The molecule has 19 heavy (non-hydrogen) atoms. The summed E-state index contributed by atoms with van der Waals surface area (Å²) in [5.74, 6) is 6.30. The molecule has 1 aliphatic rings. The van der Waals surface area contributed by atoms with Crippen molar-refractivity contribution in [2.45, 2.75) is 90.2 Å². The molecule has 0 radical (unpaired) electrons. The van der Waals surface area contributed by atoms with E-state index in [0.29, 0.717) is 18.1 Å². The van der Waals surface area contributed by atoms with Gasteiger partial charge >= 0.3 is 0 Å². The van der Waals surface area contributed by atoms with E-state index in [1.807, 2.05) is 0 Å². The maximum atomic E-state index is 5.69. The van der Waals surface area contributed by atoms with Gasteiger partial charge in [0.1, 0.15) is 0 Å². The molecule has 0 amide bonds. The molecule has 0 spiro atoms. The Balaban J connectivity index is 1.97. The van der Waals surface area contributed by atoms with E-state index in [1.54, 1.807) is 0 Å². The van der Waals surface area contributed by atoms with Crippen molar-refractivity contribution in [2.24, 2.45) is 11.8 Å². The Bertz CT molecular complexity index is 211. The number of unbranched alkanes of at least 4 members (excludes halogenated alkanes) is 7. The Morgan fingerprint density at radius 3 is 2.26 bits per heavy atom. The molecule has 0 aromatic carbocycles. The van der Waals surface area contributed by atoms with Crippen LogP contribution in [0, 0.1) is 5.92 Å². The van der Waals surface area contributed by atoms with Crippen LogP contribution in [0.1, 0.15) is 78.1 Å². The summed E-state index contributed by atoms with van der Waals surface area (Å²) in [6.07, 6.45) is 13.8. The molecule has 1 saturated heterocycles. The van der Waals surface area contributed by atoms with Crippen LogP contribution in [0.4, 0.5) is 0 Å². The molecule has 3 unspecified atom stereocenters. The van der Waals surface area contributed by atoms with Crippen molar-refractivity contribution in [3.05, 3.63) is 0 Å². The standard InChI is InChI=1S/C16H34N2O/c1-3-4-5-6-7-8-9-10-11-16(18-17)15-12-14(2)19-13-15/h14-16,18H,3-13,17H2,1-2H3. The first-order chi connectivity index (χ1) is 9.27. The van der Waals surface area contributed by atoms with Crippen molar-refractivity contribution >= 4 is 0 Å². The largest absolute Gasteiger partial charge is 0.378 e. The second-order valence-corrected chi connectivity index (χ2v) is 6.18. The number of hydrazine groups is 1. The van der Waals surface area contributed by atoms with Crippen LogP contribution in [0.15, 0.2) is 0 Å². The van der Waals surface area contributed by atoms with Gasteiger partial charge in [-0.3, -0.25) is 11.3 Å². The van der Waals surface area contributed by atoms with Gasteiger partial charge in [-0.15, -0.1) is 0 Å². The Kier molecular flexibility index (Phi) is 9.48. The third-order valence-electron chi connectivity index (χ3n) is 4.38. The van der Waals surface area contributed by atoms with E-state index in [4.69, 9.17) is 10.6 Å². The minimum Gasteiger partial charge on any atom is -0.378 e. The Hall–Kier alpha value is -0.120. The molecular weight excluding hydrogens is 236 g/mol. The molecule has 3 nitrogen and oxygen atoms in total. The molecule has 0 bridgehead atoms. The fraction of sp³-hybridized carbons (Fsp3) is 1.00. The highest BCUT2D eigenvalue weighted by Gasteiger charge is 2.28. The van der Waals surface area contributed by atoms with E-state index in [2.05, 4.69) is 19.3 Å². The molecule has 0 aromatic rings. The molecule has 3 atom stereocenters. The van der Waals surface area contributed by atoms with Crippen LogP contribution in [-0.4, -0.2) is 18.8 Å². The first kappa shape index (κ1) is 16.9. The first-order valence-electron chi connectivity index (χ1n) is 8.35. The molecule has 1 aliphatic heterocycles. The normalized spacial score (nSPS) is 24.8. The van der Waals surface area contributed by atoms with E-state index < -0.39 is 0 Å². The first-order valence-corrected chi connectivity index (χ1v) is 8.35. The molecular formula is C16H34N2O. The van der Waals surface area contributed by atoms with Crippen LogP contribution in [0.5, 0.6) is 0 Å². The van der Waals surface area contributed by atoms with Crippen molar-refractivity contribution in [3.8, 4) is 0 Å². The van der Waals surface area contributed by atoms with Crippen molar-refractivity contribution in [3.63, 3.8) is 0 Å². The zero-order valence-corrected chi connectivity index (χ0v) is 13.0. The lowest BCUT2D eigenvalue weighted by Crippen LogP contribution is -2.41. The highest BCUT2D eigenvalue weighted by atomic mass is 16.5. The maximum absolute atomic E-state index is 5.69. The predicted octanol–water partition coefficient (Wildman–Crippen LogP) is 3.77. The second-order valence-electron chi connectivity index (χ2n) is 6.18. The number of rotatable bonds is 11. The van der Waals surface area contributed by atoms with E-state index in [0.717, 1.165) is 13.0 Å². The molecule has 0 saturated carbocycles. The number of nitrogens with two attached hydrogens (primary N) is 1. The number of ether oxygens (including phenoxy) is 1. The van der Waals surface area contributed by atoms with Crippen LogP contribution in [0.2, 0.25) is 0 Å². The third kappa shape index (κ3) is 7.28. The van der Waals surface area contributed by atoms with Gasteiger partial charge in [-0.2, -0.15) is 0 Å². The number of hydrogen-bond acceptors (Lipinski definition) is 3. The van der Waals surface area contributed by atoms with E-state index in [9.17, 15) is 0 Å². The average molecular weight is 270 g/mol. The van der Waals surface area contributed by atoms with Crippen LogP contribution in [-0.2, 0) is 4.74 Å². The number of hydrogen-bond donors (Lipinski definition) is 2. The van der Waals surface area contributed by atoms with Gasteiger partial charge in [-0.1, -0.05) is 58.3 Å². The molecule has 0 aliphatic carbocycles. The van der Waals surface area contributed by atoms with Gasteiger partial charge in [0.05, 0.1) is 12.7 Å². The average Bonchev–Trinajstić information content (AvgIpc) is 2.83. The minimum absolute atomic E-state index is 0.416. The summed E-state index contributed by atoms with van der Waals surface area (Å²) in [5, 5.41) is 0. The zero-order valence-electron chi connectivity index (χ0n) is 13.0. The third-order valence-corrected chi connectivity index (χ3v) is 4.38. The number of nitrogens with one attached hydrogen (secondary N) is 1. The lowest BCUT2D eigenvalue weighted by molar-refractivity contribution is 0.116. The van der Waals surface area contributed by atoms with Gasteiger partial charge < -0.3 is 4.74 Å². The van der Waals surface area contributed by atoms with Gasteiger partial charge in [0.2, 0.25) is 0 Å².